The van der Waals surface area contributed by atoms with Crippen molar-refractivity contribution in [1.29, 1.82) is 0 Å². The van der Waals surface area contributed by atoms with Crippen molar-refractivity contribution >= 4 is 29.1 Å². The van der Waals surface area contributed by atoms with Crippen LogP contribution in [0.5, 0.6) is 5.75 Å². The summed E-state index contributed by atoms with van der Waals surface area (Å²) in [6.07, 6.45) is 0.661. The molecule has 0 fully saturated rings. The molecule has 1 unspecified atom stereocenters. The van der Waals surface area contributed by atoms with E-state index >= 15 is 0 Å². The van der Waals surface area contributed by atoms with E-state index < -0.39 is 17.9 Å². The maximum atomic E-state index is 11.7. The number of nitrogens with two attached hydrogens (primary N) is 2. The first-order valence-corrected chi connectivity index (χ1v) is 6.59. The number of halogens is 1. The largest absolute Gasteiger partial charge is 0.492 e. The Balaban J connectivity index is 2.66. The van der Waals surface area contributed by atoms with Gasteiger partial charge in [-0.3, -0.25) is 9.59 Å². The molecule has 1 aromatic carbocycles. The third kappa shape index (κ3) is 5.07. The van der Waals surface area contributed by atoms with Gasteiger partial charge < -0.3 is 21.5 Å². The van der Waals surface area contributed by atoms with Gasteiger partial charge in [0.1, 0.15) is 5.75 Å². The SMILES string of the molecule is CCCOc1ccc(NC(=O)C(N)CC(N)=O)cc1Cl. The monoisotopic (exact) mass is 299 g/mol. The highest BCUT2D eigenvalue weighted by Gasteiger charge is 2.16. The number of carbonyl (C=O) groups excluding carboxylic acids is 2. The number of nitrogens with one attached hydrogen (secondary N) is 1. The first-order valence-electron chi connectivity index (χ1n) is 6.21. The zero-order chi connectivity index (χ0) is 15.1. The minimum Gasteiger partial charge on any atom is -0.492 e. The summed E-state index contributed by atoms with van der Waals surface area (Å²) in [4.78, 5) is 22.4. The Labute approximate surface area is 122 Å². The van der Waals surface area contributed by atoms with Gasteiger partial charge in [0.25, 0.3) is 0 Å². The highest BCUT2D eigenvalue weighted by molar-refractivity contribution is 6.32. The summed E-state index contributed by atoms with van der Waals surface area (Å²) in [6.45, 7) is 2.55. The smallest absolute Gasteiger partial charge is 0.241 e. The maximum absolute atomic E-state index is 11.7. The quantitative estimate of drug-likeness (QED) is 0.704. The highest BCUT2D eigenvalue weighted by atomic mass is 35.5. The molecule has 0 aromatic heterocycles. The Morgan fingerprint density at radius 3 is 2.70 bits per heavy atom. The molecule has 0 saturated carbocycles. The van der Waals surface area contributed by atoms with Crippen LogP contribution in [0.1, 0.15) is 19.8 Å². The first-order chi connectivity index (χ1) is 9.43. The lowest BCUT2D eigenvalue weighted by atomic mass is 10.2. The second-order valence-electron chi connectivity index (χ2n) is 4.26. The molecular formula is C13H18ClN3O3. The van der Waals surface area contributed by atoms with Gasteiger partial charge in [-0.05, 0) is 24.6 Å². The summed E-state index contributed by atoms with van der Waals surface area (Å²) in [7, 11) is 0. The number of hydrogen-bond acceptors (Lipinski definition) is 4. The molecule has 1 aromatic rings. The van der Waals surface area contributed by atoms with E-state index in [1.165, 1.54) is 0 Å². The standard InChI is InChI=1S/C13H18ClN3O3/c1-2-5-20-11-4-3-8(6-9(11)14)17-13(19)10(15)7-12(16)18/h3-4,6,10H,2,5,7,15H2,1H3,(H2,16,18)(H,17,19). The number of rotatable bonds is 7. The number of anilines is 1. The lowest BCUT2D eigenvalue weighted by molar-refractivity contribution is -0.123. The second-order valence-corrected chi connectivity index (χ2v) is 4.67. The molecule has 1 rings (SSSR count). The Morgan fingerprint density at radius 2 is 2.15 bits per heavy atom. The molecule has 6 nitrogen and oxygen atoms in total. The van der Waals surface area contributed by atoms with Crippen LogP contribution in [0.3, 0.4) is 0 Å². The van der Waals surface area contributed by atoms with Crippen molar-refractivity contribution in [2.75, 3.05) is 11.9 Å². The van der Waals surface area contributed by atoms with Crippen LogP contribution in [0.2, 0.25) is 5.02 Å². The van der Waals surface area contributed by atoms with E-state index in [0.717, 1.165) is 6.42 Å². The summed E-state index contributed by atoms with van der Waals surface area (Å²) in [5.74, 6) is -0.580. The molecule has 20 heavy (non-hydrogen) atoms. The molecule has 5 N–H and O–H groups in total. The van der Waals surface area contributed by atoms with E-state index in [1.807, 2.05) is 6.92 Å². The van der Waals surface area contributed by atoms with E-state index in [1.54, 1.807) is 18.2 Å². The molecule has 7 heteroatoms. The fourth-order valence-electron chi connectivity index (χ4n) is 1.45. The average Bonchev–Trinajstić information content (AvgIpc) is 2.37. The van der Waals surface area contributed by atoms with Crippen molar-refractivity contribution in [2.45, 2.75) is 25.8 Å². The van der Waals surface area contributed by atoms with Crippen molar-refractivity contribution in [3.8, 4) is 5.75 Å². The summed E-state index contributed by atoms with van der Waals surface area (Å²) in [5, 5.41) is 2.95. The third-order valence-corrected chi connectivity index (χ3v) is 2.71. The predicted octanol–water partition coefficient (Wildman–Crippen LogP) is 1.27. The van der Waals surface area contributed by atoms with Crippen molar-refractivity contribution in [3.63, 3.8) is 0 Å². The number of amides is 2. The first kappa shape index (κ1) is 16.3. The zero-order valence-corrected chi connectivity index (χ0v) is 11.9. The summed E-state index contributed by atoms with van der Waals surface area (Å²) in [6, 6.07) is 3.88. The predicted molar refractivity (Wildman–Crippen MR) is 77.7 cm³/mol. The third-order valence-electron chi connectivity index (χ3n) is 2.42. The molecule has 0 saturated heterocycles. The van der Waals surface area contributed by atoms with Gasteiger partial charge in [0.05, 0.1) is 24.1 Å². The van der Waals surface area contributed by atoms with Crippen molar-refractivity contribution in [3.05, 3.63) is 23.2 Å². The molecule has 110 valence electrons. The minimum absolute atomic E-state index is 0.211. The zero-order valence-electron chi connectivity index (χ0n) is 11.2. The number of hydrogen-bond donors (Lipinski definition) is 3. The average molecular weight is 300 g/mol. The van der Waals surface area contributed by atoms with Crippen molar-refractivity contribution in [2.24, 2.45) is 11.5 Å². The van der Waals surface area contributed by atoms with E-state index in [0.29, 0.717) is 23.1 Å². The van der Waals surface area contributed by atoms with Gasteiger partial charge in [0, 0.05) is 5.69 Å². The summed E-state index contributed by atoms with van der Waals surface area (Å²) < 4.78 is 5.42. The second kappa shape index (κ2) is 7.72. The van der Waals surface area contributed by atoms with Crippen LogP contribution < -0.4 is 21.5 Å². The van der Waals surface area contributed by atoms with E-state index in [2.05, 4.69) is 5.32 Å². The molecule has 0 radical (unpaired) electrons. The van der Waals surface area contributed by atoms with Gasteiger partial charge in [0.15, 0.2) is 0 Å². The van der Waals surface area contributed by atoms with Crippen molar-refractivity contribution < 1.29 is 14.3 Å². The topological polar surface area (TPSA) is 107 Å². The van der Waals surface area contributed by atoms with Gasteiger partial charge in [0.2, 0.25) is 11.8 Å². The summed E-state index contributed by atoms with van der Waals surface area (Å²) in [5.41, 5.74) is 11.0. The minimum atomic E-state index is -0.984. The van der Waals surface area contributed by atoms with Crippen LogP contribution in [0.25, 0.3) is 0 Å². The van der Waals surface area contributed by atoms with Crippen LogP contribution in [-0.2, 0) is 9.59 Å². The van der Waals surface area contributed by atoms with Gasteiger partial charge in [-0.2, -0.15) is 0 Å². The van der Waals surface area contributed by atoms with Crippen LogP contribution in [-0.4, -0.2) is 24.5 Å². The van der Waals surface area contributed by atoms with Crippen LogP contribution in [0, 0.1) is 0 Å². The molecule has 2 amide bonds. The van der Waals surface area contributed by atoms with Crippen LogP contribution in [0.4, 0.5) is 5.69 Å². The Morgan fingerprint density at radius 1 is 1.45 bits per heavy atom. The Kier molecular flexibility index (Phi) is 6.27. The van der Waals surface area contributed by atoms with Gasteiger partial charge >= 0.3 is 0 Å². The molecule has 0 aliphatic carbocycles. The molecule has 1 atom stereocenters. The number of carbonyl (C=O) groups is 2. The van der Waals surface area contributed by atoms with E-state index in [9.17, 15) is 9.59 Å². The fraction of sp³-hybridized carbons (Fsp3) is 0.385. The fourth-order valence-corrected chi connectivity index (χ4v) is 1.69. The molecule has 0 aliphatic heterocycles. The molecule has 0 bridgehead atoms. The maximum Gasteiger partial charge on any atom is 0.241 e. The van der Waals surface area contributed by atoms with Gasteiger partial charge in [-0.1, -0.05) is 18.5 Å². The number of primary amides is 1. The van der Waals surface area contributed by atoms with Crippen LogP contribution in [0.15, 0.2) is 18.2 Å². The lowest BCUT2D eigenvalue weighted by Gasteiger charge is -2.12. The number of ether oxygens (including phenoxy) is 1. The molecular weight excluding hydrogens is 282 g/mol. The van der Waals surface area contributed by atoms with E-state index in [4.69, 9.17) is 27.8 Å². The molecule has 0 heterocycles. The lowest BCUT2D eigenvalue weighted by Crippen LogP contribution is -2.38. The molecule has 0 aliphatic rings. The Hall–Kier alpha value is -1.79. The highest BCUT2D eigenvalue weighted by Crippen LogP contribution is 2.27. The number of benzene rings is 1. The Bertz CT molecular complexity index is 494. The van der Waals surface area contributed by atoms with Crippen molar-refractivity contribution in [1.82, 2.24) is 0 Å². The molecule has 0 spiro atoms. The van der Waals surface area contributed by atoms with Gasteiger partial charge in [-0.25, -0.2) is 0 Å². The summed E-state index contributed by atoms with van der Waals surface area (Å²) >= 11 is 6.03. The normalized spacial score (nSPS) is 11.8. The van der Waals surface area contributed by atoms with E-state index in [-0.39, 0.29) is 6.42 Å². The van der Waals surface area contributed by atoms with Crippen LogP contribution >= 0.6 is 11.6 Å². The van der Waals surface area contributed by atoms with Gasteiger partial charge in [-0.15, -0.1) is 0 Å².